The van der Waals surface area contributed by atoms with Crippen LogP contribution in [-0.4, -0.2) is 39.6 Å². The molecular formula is C20H26Br2O4Te. The summed E-state index contributed by atoms with van der Waals surface area (Å²) in [4.78, 5) is 0. The van der Waals surface area contributed by atoms with Gasteiger partial charge in [-0.1, -0.05) is 0 Å². The summed E-state index contributed by atoms with van der Waals surface area (Å²) in [6, 6.07) is 16.3. The molecule has 2 aromatic rings. The molecule has 7 heteroatoms. The van der Waals surface area contributed by atoms with E-state index in [0.717, 1.165) is 11.5 Å². The normalized spacial score (nSPS) is 14.4. The van der Waals surface area contributed by atoms with Crippen LogP contribution < -0.4 is 16.7 Å². The predicted octanol–water partition coefficient (Wildman–Crippen LogP) is 4.56. The zero-order valence-electron chi connectivity index (χ0n) is 16.0. The van der Waals surface area contributed by atoms with Gasteiger partial charge in [0.25, 0.3) is 0 Å². The Morgan fingerprint density at radius 3 is 1.33 bits per heavy atom. The van der Waals surface area contributed by atoms with Crippen molar-refractivity contribution in [3.8, 4) is 11.5 Å². The van der Waals surface area contributed by atoms with Crippen LogP contribution in [0.1, 0.15) is 27.7 Å². The number of ether oxygens (including phenoxy) is 4. The maximum atomic E-state index is 5.74. The summed E-state index contributed by atoms with van der Waals surface area (Å²) < 4.78 is 24.8. The minimum absolute atomic E-state index is 0.257. The molecule has 0 saturated heterocycles. The Kier molecular flexibility index (Phi) is 9.40. The van der Waals surface area contributed by atoms with Gasteiger partial charge >= 0.3 is 179 Å². The molecule has 2 atom stereocenters. The van der Waals surface area contributed by atoms with Gasteiger partial charge in [0.1, 0.15) is 0 Å². The quantitative estimate of drug-likeness (QED) is 0.290. The van der Waals surface area contributed by atoms with E-state index in [1.807, 2.05) is 52.0 Å². The van der Waals surface area contributed by atoms with Crippen molar-refractivity contribution >= 4 is 46.5 Å². The van der Waals surface area contributed by atoms with Crippen molar-refractivity contribution in [1.29, 1.82) is 0 Å². The zero-order chi connectivity index (χ0) is 19.9. The molecule has 0 radical (unpaired) electrons. The maximum absolute atomic E-state index is 5.74. The molecule has 0 aliphatic heterocycles. The van der Waals surface area contributed by atoms with Gasteiger partial charge in [0.05, 0.1) is 0 Å². The third kappa shape index (κ3) is 6.92. The third-order valence-electron chi connectivity index (χ3n) is 3.65. The second-order valence-corrected chi connectivity index (χ2v) is 29.9. The summed E-state index contributed by atoms with van der Waals surface area (Å²) >= 11 is 5.18. The van der Waals surface area contributed by atoms with Gasteiger partial charge in [-0.3, -0.25) is 0 Å². The second-order valence-electron chi connectivity index (χ2n) is 5.69. The average molecular weight is 618 g/mol. The molecule has 4 nitrogen and oxygen atoms in total. The van der Waals surface area contributed by atoms with Crippen LogP contribution in [0.3, 0.4) is 0 Å². The Bertz CT molecular complexity index is 633. The van der Waals surface area contributed by atoms with Crippen LogP contribution in [0.2, 0.25) is 0 Å². The average Bonchev–Trinajstić information content (AvgIpc) is 2.63. The van der Waals surface area contributed by atoms with Gasteiger partial charge in [0, 0.05) is 0 Å². The van der Waals surface area contributed by atoms with E-state index >= 15 is 0 Å². The topological polar surface area (TPSA) is 36.9 Å². The van der Waals surface area contributed by atoms with Crippen LogP contribution in [0.4, 0.5) is 0 Å². The van der Waals surface area contributed by atoms with Crippen LogP contribution in [0.5, 0.6) is 11.5 Å². The van der Waals surface area contributed by atoms with E-state index in [1.54, 1.807) is 0 Å². The standard InChI is InChI=1S/C20H26Br2O4Te/c1-5-23-15(3)25-17-7-11-19(12-8-17)27(21,22)20-13-9-18(10-14-20)26-16(4)24-6-2/h7-16H,5-6H2,1-4H3. The first kappa shape index (κ1) is 23.0. The molecule has 0 amide bonds. The fourth-order valence-corrected chi connectivity index (χ4v) is 11.7. The molecule has 2 rings (SSSR count). The molecule has 0 fully saturated rings. The minimum atomic E-state index is -2.77. The zero-order valence-corrected chi connectivity index (χ0v) is 21.5. The van der Waals surface area contributed by atoms with E-state index in [2.05, 4.69) is 49.8 Å². The molecule has 150 valence electrons. The fourth-order valence-electron chi connectivity index (χ4n) is 2.44. The molecule has 0 heterocycles. The summed E-state index contributed by atoms with van der Waals surface area (Å²) in [6.45, 7) is 8.95. The first-order valence-electron chi connectivity index (χ1n) is 8.86. The van der Waals surface area contributed by atoms with Crippen molar-refractivity contribution in [2.45, 2.75) is 40.3 Å². The molecule has 27 heavy (non-hydrogen) atoms. The van der Waals surface area contributed by atoms with E-state index in [4.69, 9.17) is 18.9 Å². The van der Waals surface area contributed by atoms with Crippen molar-refractivity contribution in [3.63, 3.8) is 0 Å². The van der Waals surface area contributed by atoms with Gasteiger partial charge in [0.15, 0.2) is 0 Å². The Morgan fingerprint density at radius 1 is 0.704 bits per heavy atom. The number of hydrogen-bond acceptors (Lipinski definition) is 4. The number of rotatable bonds is 10. The molecule has 0 saturated carbocycles. The SMILES string of the molecule is CCOC(C)Oc1ccc([Te](Br)(Br)c2ccc(OC(C)OCC)cc2)cc1. The summed E-state index contributed by atoms with van der Waals surface area (Å²) in [5.74, 6) is 1.60. The Balaban J connectivity index is 2.08. The van der Waals surface area contributed by atoms with Gasteiger partial charge in [-0.2, -0.15) is 0 Å². The van der Waals surface area contributed by atoms with Crippen LogP contribution in [0.25, 0.3) is 0 Å². The second kappa shape index (κ2) is 11.0. The monoisotopic (exact) mass is 618 g/mol. The molecule has 0 N–H and O–H groups in total. The molecule has 2 unspecified atom stereocenters. The summed E-state index contributed by atoms with van der Waals surface area (Å²) in [5, 5.41) is 0. The molecule has 2 aromatic carbocycles. The van der Waals surface area contributed by atoms with Crippen LogP contribution >= 0.6 is 25.5 Å². The van der Waals surface area contributed by atoms with Gasteiger partial charge in [-0.15, -0.1) is 0 Å². The van der Waals surface area contributed by atoms with Gasteiger partial charge in [-0.25, -0.2) is 0 Å². The van der Waals surface area contributed by atoms with E-state index in [0.29, 0.717) is 13.2 Å². The van der Waals surface area contributed by atoms with Crippen molar-refractivity contribution in [1.82, 2.24) is 0 Å². The molecule has 0 aliphatic carbocycles. The third-order valence-corrected chi connectivity index (χ3v) is 18.6. The summed E-state index contributed by atoms with van der Waals surface area (Å²) in [7, 11) is 0. The van der Waals surface area contributed by atoms with Crippen molar-refractivity contribution in [3.05, 3.63) is 48.5 Å². The predicted molar refractivity (Wildman–Crippen MR) is 119 cm³/mol. The van der Waals surface area contributed by atoms with Crippen molar-refractivity contribution < 1.29 is 18.9 Å². The number of benzene rings is 2. The number of halogens is 2. The van der Waals surface area contributed by atoms with Crippen molar-refractivity contribution in [2.75, 3.05) is 13.2 Å². The van der Waals surface area contributed by atoms with Crippen LogP contribution in [0, 0.1) is 0 Å². The first-order chi connectivity index (χ1) is 12.9. The van der Waals surface area contributed by atoms with E-state index < -0.39 is 13.8 Å². The molecule has 0 bridgehead atoms. The Hall–Kier alpha value is -0.290. The molecule has 0 aliphatic rings. The molecular weight excluding hydrogens is 592 g/mol. The summed E-state index contributed by atoms with van der Waals surface area (Å²) in [5.41, 5.74) is 0. The van der Waals surface area contributed by atoms with E-state index in [-0.39, 0.29) is 12.6 Å². The van der Waals surface area contributed by atoms with Crippen LogP contribution in [0.15, 0.2) is 48.5 Å². The number of hydrogen-bond donors (Lipinski definition) is 0. The van der Waals surface area contributed by atoms with E-state index in [9.17, 15) is 0 Å². The Morgan fingerprint density at radius 2 is 1.04 bits per heavy atom. The van der Waals surface area contributed by atoms with Crippen LogP contribution in [-0.2, 0) is 9.47 Å². The molecule has 0 aromatic heterocycles. The van der Waals surface area contributed by atoms with Gasteiger partial charge in [-0.05, 0) is 0 Å². The Labute approximate surface area is 177 Å². The van der Waals surface area contributed by atoms with Gasteiger partial charge in [0.2, 0.25) is 0 Å². The summed E-state index contributed by atoms with van der Waals surface area (Å²) in [6.07, 6.45) is -0.515. The van der Waals surface area contributed by atoms with Gasteiger partial charge < -0.3 is 0 Å². The van der Waals surface area contributed by atoms with Crippen molar-refractivity contribution in [2.24, 2.45) is 0 Å². The fraction of sp³-hybridized carbons (Fsp3) is 0.400. The van der Waals surface area contributed by atoms with E-state index in [1.165, 1.54) is 7.22 Å². The molecule has 0 spiro atoms. The first-order valence-corrected chi connectivity index (χ1v) is 21.6.